The summed E-state index contributed by atoms with van der Waals surface area (Å²) in [5.41, 5.74) is 2.08. The molecular weight excluding hydrogens is 174 g/mol. The van der Waals surface area contributed by atoms with Crippen LogP contribution in [0.25, 0.3) is 11.3 Å². The minimum atomic E-state index is 0.369. The monoisotopic (exact) mass is 187 g/mol. The summed E-state index contributed by atoms with van der Waals surface area (Å²) >= 11 is 0. The lowest BCUT2D eigenvalue weighted by molar-refractivity contribution is 0.776. The molecule has 0 aliphatic carbocycles. The third kappa shape index (κ3) is 1.66. The molecule has 0 radical (unpaired) electrons. The fraction of sp³-hybridized carbons (Fsp3) is 0.273. The zero-order valence-electron chi connectivity index (χ0n) is 8.36. The molecule has 3 heteroatoms. The second kappa shape index (κ2) is 3.62. The van der Waals surface area contributed by atoms with Crippen molar-refractivity contribution in [2.24, 2.45) is 0 Å². The van der Waals surface area contributed by atoms with Crippen molar-refractivity contribution in [1.82, 2.24) is 15.0 Å². The molecule has 0 saturated heterocycles. The second-order valence-corrected chi connectivity index (χ2v) is 3.55. The molecule has 0 atom stereocenters. The van der Waals surface area contributed by atoms with E-state index in [1.54, 1.807) is 0 Å². The van der Waals surface area contributed by atoms with Crippen molar-refractivity contribution >= 4 is 0 Å². The summed E-state index contributed by atoms with van der Waals surface area (Å²) in [7, 11) is 0. The Balaban J connectivity index is 2.41. The van der Waals surface area contributed by atoms with E-state index in [1.807, 2.05) is 30.7 Å². The van der Waals surface area contributed by atoms with Crippen molar-refractivity contribution in [3.63, 3.8) is 0 Å². The number of nitrogens with one attached hydrogen (secondary N) is 1. The van der Waals surface area contributed by atoms with Crippen LogP contribution in [0.15, 0.2) is 30.7 Å². The van der Waals surface area contributed by atoms with Crippen LogP contribution >= 0.6 is 0 Å². The lowest BCUT2D eigenvalue weighted by Gasteiger charge is -2.04. The molecular formula is C11H13N3. The van der Waals surface area contributed by atoms with Gasteiger partial charge in [-0.05, 0) is 12.1 Å². The molecule has 0 aliphatic rings. The Labute approximate surface area is 83.2 Å². The van der Waals surface area contributed by atoms with Gasteiger partial charge >= 0.3 is 0 Å². The molecule has 0 spiro atoms. The molecule has 3 nitrogen and oxygen atoms in total. The standard InChI is InChI=1S/C11H13N3/c1-8(2)11-13-6-4-10(14-11)9-3-5-12-7-9/h3-8,12H,1-2H3. The van der Waals surface area contributed by atoms with Crippen LogP contribution in [0.3, 0.4) is 0 Å². The van der Waals surface area contributed by atoms with E-state index in [1.165, 1.54) is 0 Å². The van der Waals surface area contributed by atoms with E-state index in [0.717, 1.165) is 17.1 Å². The maximum atomic E-state index is 4.48. The molecule has 0 amide bonds. The van der Waals surface area contributed by atoms with Gasteiger partial charge in [-0.15, -0.1) is 0 Å². The van der Waals surface area contributed by atoms with Crippen LogP contribution < -0.4 is 0 Å². The van der Waals surface area contributed by atoms with Gasteiger partial charge in [0.25, 0.3) is 0 Å². The average Bonchev–Trinajstić information content (AvgIpc) is 2.71. The van der Waals surface area contributed by atoms with Crippen LogP contribution in [0.2, 0.25) is 0 Å². The number of hydrogen-bond acceptors (Lipinski definition) is 2. The molecule has 0 unspecified atom stereocenters. The number of aromatic amines is 1. The number of aromatic nitrogens is 3. The first-order valence-corrected chi connectivity index (χ1v) is 4.73. The average molecular weight is 187 g/mol. The Kier molecular flexibility index (Phi) is 2.31. The number of rotatable bonds is 2. The van der Waals surface area contributed by atoms with Crippen LogP contribution in [0.1, 0.15) is 25.6 Å². The van der Waals surface area contributed by atoms with Crippen LogP contribution in [0.4, 0.5) is 0 Å². The van der Waals surface area contributed by atoms with E-state index in [9.17, 15) is 0 Å². The summed E-state index contributed by atoms with van der Waals surface area (Å²) in [5.74, 6) is 1.26. The highest BCUT2D eigenvalue weighted by Crippen LogP contribution is 2.17. The molecule has 0 aromatic carbocycles. The van der Waals surface area contributed by atoms with Crippen molar-refractivity contribution in [3.8, 4) is 11.3 Å². The minimum absolute atomic E-state index is 0.369. The van der Waals surface area contributed by atoms with Crippen molar-refractivity contribution in [2.75, 3.05) is 0 Å². The van der Waals surface area contributed by atoms with E-state index >= 15 is 0 Å². The topological polar surface area (TPSA) is 41.6 Å². The lowest BCUT2D eigenvalue weighted by Crippen LogP contribution is -1.97. The van der Waals surface area contributed by atoms with E-state index in [-0.39, 0.29) is 0 Å². The molecule has 2 aromatic heterocycles. The molecule has 2 rings (SSSR count). The Hall–Kier alpha value is -1.64. The van der Waals surface area contributed by atoms with Crippen LogP contribution in [-0.2, 0) is 0 Å². The minimum Gasteiger partial charge on any atom is -0.367 e. The second-order valence-electron chi connectivity index (χ2n) is 3.55. The zero-order chi connectivity index (χ0) is 9.97. The molecule has 0 bridgehead atoms. The molecule has 0 fully saturated rings. The maximum Gasteiger partial charge on any atom is 0.131 e. The van der Waals surface area contributed by atoms with Crippen molar-refractivity contribution in [3.05, 3.63) is 36.5 Å². The molecule has 2 heterocycles. The Morgan fingerprint density at radius 1 is 1.29 bits per heavy atom. The van der Waals surface area contributed by atoms with E-state index < -0.39 is 0 Å². The van der Waals surface area contributed by atoms with Crippen LogP contribution in [0.5, 0.6) is 0 Å². The summed E-state index contributed by atoms with van der Waals surface area (Å²) in [6.07, 6.45) is 5.64. The summed E-state index contributed by atoms with van der Waals surface area (Å²) in [5, 5.41) is 0. The lowest BCUT2D eigenvalue weighted by atomic mass is 10.2. The number of nitrogens with zero attached hydrogens (tertiary/aromatic N) is 2. The molecule has 0 saturated carbocycles. The van der Waals surface area contributed by atoms with E-state index in [2.05, 4.69) is 28.8 Å². The third-order valence-corrected chi connectivity index (χ3v) is 2.08. The van der Waals surface area contributed by atoms with E-state index in [0.29, 0.717) is 5.92 Å². The quantitative estimate of drug-likeness (QED) is 0.785. The largest absolute Gasteiger partial charge is 0.367 e. The normalized spacial score (nSPS) is 10.8. The summed E-state index contributed by atoms with van der Waals surface area (Å²) in [4.78, 5) is 11.7. The maximum absolute atomic E-state index is 4.48. The highest BCUT2D eigenvalue weighted by molar-refractivity contribution is 5.57. The van der Waals surface area contributed by atoms with Crippen molar-refractivity contribution in [1.29, 1.82) is 0 Å². The zero-order valence-corrected chi connectivity index (χ0v) is 8.36. The van der Waals surface area contributed by atoms with Gasteiger partial charge < -0.3 is 4.98 Å². The Morgan fingerprint density at radius 2 is 2.14 bits per heavy atom. The van der Waals surface area contributed by atoms with Gasteiger partial charge in [-0.1, -0.05) is 13.8 Å². The highest BCUT2D eigenvalue weighted by Gasteiger charge is 2.04. The van der Waals surface area contributed by atoms with E-state index in [4.69, 9.17) is 0 Å². The first-order valence-electron chi connectivity index (χ1n) is 4.73. The first kappa shape index (κ1) is 8.94. The fourth-order valence-corrected chi connectivity index (χ4v) is 1.30. The van der Waals surface area contributed by atoms with Gasteiger partial charge in [0.05, 0.1) is 5.69 Å². The van der Waals surface area contributed by atoms with Gasteiger partial charge in [0.15, 0.2) is 0 Å². The third-order valence-electron chi connectivity index (χ3n) is 2.08. The highest BCUT2D eigenvalue weighted by atomic mass is 14.9. The molecule has 72 valence electrons. The fourth-order valence-electron chi connectivity index (χ4n) is 1.30. The van der Waals surface area contributed by atoms with Gasteiger partial charge in [0.2, 0.25) is 0 Å². The smallest absolute Gasteiger partial charge is 0.131 e. The van der Waals surface area contributed by atoms with Crippen LogP contribution in [0, 0.1) is 0 Å². The Morgan fingerprint density at radius 3 is 2.79 bits per heavy atom. The molecule has 2 aromatic rings. The molecule has 0 aliphatic heterocycles. The van der Waals surface area contributed by atoms with Gasteiger partial charge in [-0.3, -0.25) is 0 Å². The predicted molar refractivity (Wildman–Crippen MR) is 55.9 cm³/mol. The summed E-state index contributed by atoms with van der Waals surface area (Å²) < 4.78 is 0. The molecule has 14 heavy (non-hydrogen) atoms. The van der Waals surface area contributed by atoms with Gasteiger partial charge in [0, 0.05) is 30.1 Å². The summed E-state index contributed by atoms with van der Waals surface area (Å²) in [6.45, 7) is 4.19. The molecule has 1 N–H and O–H groups in total. The number of H-pyrrole nitrogens is 1. The van der Waals surface area contributed by atoms with Crippen LogP contribution in [-0.4, -0.2) is 15.0 Å². The SMILES string of the molecule is CC(C)c1nccc(-c2cc[nH]c2)n1. The van der Waals surface area contributed by atoms with Gasteiger partial charge in [-0.25, -0.2) is 9.97 Å². The Bertz CT molecular complexity index is 404. The van der Waals surface area contributed by atoms with Gasteiger partial charge in [-0.2, -0.15) is 0 Å². The first-order chi connectivity index (χ1) is 6.77. The van der Waals surface area contributed by atoms with Gasteiger partial charge in [0.1, 0.15) is 5.82 Å². The van der Waals surface area contributed by atoms with Crippen molar-refractivity contribution in [2.45, 2.75) is 19.8 Å². The predicted octanol–water partition coefficient (Wildman–Crippen LogP) is 2.60. The summed E-state index contributed by atoms with van der Waals surface area (Å²) in [6, 6.07) is 3.93. The number of hydrogen-bond donors (Lipinski definition) is 1. The van der Waals surface area contributed by atoms with Crippen molar-refractivity contribution < 1.29 is 0 Å².